The molecule has 0 spiro atoms. The number of aromatic hydroxyl groups is 2. The van der Waals surface area contributed by atoms with Crippen LogP contribution in [0, 0.1) is 6.92 Å². The topological polar surface area (TPSA) is 97.7 Å². The van der Waals surface area contributed by atoms with Crippen LogP contribution in [0.25, 0.3) is 11.1 Å². The van der Waals surface area contributed by atoms with Gasteiger partial charge in [0.25, 0.3) is 0 Å². The summed E-state index contributed by atoms with van der Waals surface area (Å²) in [4.78, 5) is -0.632. The Hall–Kier alpha value is -1.05. The number of aryl methyl sites for hydroxylation is 2. The summed E-state index contributed by atoms with van der Waals surface area (Å²) in [7, 11) is -4.87. The van der Waals surface area contributed by atoms with Crippen LogP contribution in [0.15, 0.2) is 35.2 Å². The van der Waals surface area contributed by atoms with Crippen LogP contribution in [-0.4, -0.2) is 23.2 Å². The number of phenols is 2. The van der Waals surface area contributed by atoms with E-state index in [0.29, 0.717) is 18.4 Å². The van der Waals surface area contributed by atoms with Crippen molar-refractivity contribution in [3.63, 3.8) is 0 Å². The SMILES string of the molecule is CCCCCc1cc(O)c(-c2cccc(C)c2)c(O)c1S(=O)(=O)[O-].[Na+]. The third-order valence-electron chi connectivity index (χ3n) is 3.92. The van der Waals surface area contributed by atoms with E-state index in [4.69, 9.17) is 0 Å². The van der Waals surface area contributed by atoms with E-state index in [1.807, 2.05) is 19.9 Å². The molecule has 0 saturated heterocycles. The van der Waals surface area contributed by atoms with Gasteiger partial charge in [-0.3, -0.25) is 0 Å². The van der Waals surface area contributed by atoms with Crippen molar-refractivity contribution < 1.29 is 52.7 Å². The number of benzene rings is 2. The van der Waals surface area contributed by atoms with Gasteiger partial charge in [0.2, 0.25) is 0 Å². The Balaban J connectivity index is 0.00000312. The molecule has 130 valence electrons. The molecule has 0 radical (unpaired) electrons. The van der Waals surface area contributed by atoms with Crippen molar-refractivity contribution in [2.45, 2.75) is 44.4 Å². The molecule has 0 saturated carbocycles. The molecule has 0 fully saturated rings. The van der Waals surface area contributed by atoms with E-state index >= 15 is 0 Å². The molecule has 2 rings (SSSR count). The summed E-state index contributed by atoms with van der Waals surface area (Å²) >= 11 is 0. The van der Waals surface area contributed by atoms with Gasteiger partial charge >= 0.3 is 29.6 Å². The van der Waals surface area contributed by atoms with Crippen molar-refractivity contribution >= 4 is 10.1 Å². The Morgan fingerprint density at radius 3 is 2.36 bits per heavy atom. The average molecular weight is 372 g/mol. The zero-order valence-corrected chi connectivity index (χ0v) is 17.6. The van der Waals surface area contributed by atoms with Gasteiger partial charge in [0, 0.05) is 0 Å². The number of hydrogen-bond acceptors (Lipinski definition) is 5. The summed E-state index contributed by atoms with van der Waals surface area (Å²) in [5.41, 5.74) is 1.46. The van der Waals surface area contributed by atoms with Crippen LogP contribution in [0.1, 0.15) is 37.3 Å². The van der Waals surface area contributed by atoms with E-state index in [9.17, 15) is 23.2 Å². The second kappa shape index (κ2) is 9.05. The molecule has 0 unspecified atom stereocenters. The molecule has 0 amide bonds. The van der Waals surface area contributed by atoms with Gasteiger partial charge in [-0.25, -0.2) is 8.42 Å². The van der Waals surface area contributed by atoms with Crippen molar-refractivity contribution in [2.24, 2.45) is 0 Å². The Morgan fingerprint density at radius 2 is 1.80 bits per heavy atom. The quantitative estimate of drug-likeness (QED) is 0.442. The predicted molar refractivity (Wildman–Crippen MR) is 91.1 cm³/mol. The fraction of sp³-hybridized carbons (Fsp3) is 0.333. The molecule has 0 aromatic heterocycles. The first-order chi connectivity index (χ1) is 11.3. The van der Waals surface area contributed by atoms with Gasteiger partial charge in [-0.1, -0.05) is 49.6 Å². The summed E-state index contributed by atoms with van der Waals surface area (Å²) in [6.45, 7) is 3.84. The maximum atomic E-state index is 11.7. The Morgan fingerprint density at radius 1 is 1.12 bits per heavy atom. The average Bonchev–Trinajstić information content (AvgIpc) is 2.45. The van der Waals surface area contributed by atoms with Crippen molar-refractivity contribution in [3.8, 4) is 22.6 Å². The van der Waals surface area contributed by atoms with Gasteiger partial charge in [-0.15, -0.1) is 0 Å². The van der Waals surface area contributed by atoms with Crippen LogP contribution < -0.4 is 29.6 Å². The van der Waals surface area contributed by atoms with Gasteiger partial charge in [-0.05, 0) is 37.0 Å². The molecule has 5 nitrogen and oxygen atoms in total. The molecule has 25 heavy (non-hydrogen) atoms. The van der Waals surface area contributed by atoms with Crippen molar-refractivity contribution in [1.29, 1.82) is 0 Å². The van der Waals surface area contributed by atoms with Crippen LogP contribution in [0.4, 0.5) is 0 Å². The number of phenolic OH excluding ortho intramolecular Hbond substituents is 2. The minimum atomic E-state index is -4.87. The van der Waals surface area contributed by atoms with Crippen molar-refractivity contribution in [1.82, 2.24) is 0 Å². The largest absolute Gasteiger partial charge is 1.00 e. The van der Waals surface area contributed by atoms with Crippen LogP contribution in [0.3, 0.4) is 0 Å². The Kier molecular flexibility index (Phi) is 7.96. The van der Waals surface area contributed by atoms with Gasteiger partial charge in [0.05, 0.1) is 5.56 Å². The molecule has 0 aliphatic rings. The van der Waals surface area contributed by atoms with Crippen LogP contribution in [0.5, 0.6) is 11.5 Å². The molecule has 2 N–H and O–H groups in total. The standard InChI is InChI=1S/C18H22O5S.Na/c1-3-4-5-8-14-11-15(19)16(13-9-6-7-12(2)10-13)17(20)18(14)24(21,22)23;/h6-7,9-11,19-20H,3-5,8H2,1-2H3,(H,21,22,23);/q;+1/p-1. The van der Waals surface area contributed by atoms with E-state index in [0.717, 1.165) is 18.4 Å². The zero-order valence-electron chi connectivity index (χ0n) is 14.7. The van der Waals surface area contributed by atoms with Crippen LogP contribution in [-0.2, 0) is 16.5 Å². The first-order valence-corrected chi connectivity index (χ1v) is 9.27. The van der Waals surface area contributed by atoms with Crippen molar-refractivity contribution in [2.75, 3.05) is 0 Å². The Labute approximate surface area is 170 Å². The molecule has 0 aliphatic carbocycles. The van der Waals surface area contributed by atoms with E-state index < -0.39 is 20.8 Å². The normalized spacial score (nSPS) is 11.2. The van der Waals surface area contributed by atoms with Crippen molar-refractivity contribution in [3.05, 3.63) is 41.5 Å². The second-order valence-corrected chi connectivity index (χ2v) is 7.20. The number of hydrogen-bond donors (Lipinski definition) is 2. The van der Waals surface area contributed by atoms with E-state index in [1.54, 1.807) is 18.2 Å². The molecule has 7 heteroatoms. The van der Waals surface area contributed by atoms with Gasteiger partial charge < -0.3 is 14.8 Å². The molecular weight excluding hydrogens is 351 g/mol. The third-order valence-corrected chi connectivity index (χ3v) is 4.87. The first kappa shape index (κ1) is 22.0. The number of rotatable bonds is 6. The monoisotopic (exact) mass is 372 g/mol. The molecular formula is C18H21NaO5S. The summed E-state index contributed by atoms with van der Waals surface area (Å²) in [6, 6.07) is 8.18. The predicted octanol–water partition coefficient (Wildman–Crippen LogP) is 0.714. The van der Waals surface area contributed by atoms with Gasteiger partial charge in [0.15, 0.2) is 0 Å². The first-order valence-electron chi connectivity index (χ1n) is 7.86. The molecule has 2 aromatic rings. The van der Waals surface area contributed by atoms with Crippen LogP contribution in [0.2, 0.25) is 0 Å². The van der Waals surface area contributed by atoms with Crippen LogP contribution >= 0.6 is 0 Å². The number of unbranched alkanes of at least 4 members (excludes halogenated alkanes) is 2. The molecule has 2 aromatic carbocycles. The summed E-state index contributed by atoms with van der Waals surface area (Å²) in [5, 5.41) is 20.8. The fourth-order valence-corrected chi connectivity index (χ4v) is 3.63. The minimum Gasteiger partial charge on any atom is -0.744 e. The minimum absolute atomic E-state index is 0. The molecule has 0 heterocycles. The van der Waals surface area contributed by atoms with Gasteiger partial charge in [0.1, 0.15) is 26.5 Å². The Bertz CT molecular complexity index is 847. The fourth-order valence-electron chi connectivity index (χ4n) is 2.80. The summed E-state index contributed by atoms with van der Waals surface area (Å²) in [6.07, 6.45) is 2.76. The van der Waals surface area contributed by atoms with E-state index in [2.05, 4.69) is 0 Å². The molecule has 0 atom stereocenters. The smallest absolute Gasteiger partial charge is 0.744 e. The molecule has 0 aliphatic heterocycles. The van der Waals surface area contributed by atoms with E-state index in [-0.39, 0.29) is 46.4 Å². The third kappa shape index (κ3) is 5.21. The summed E-state index contributed by atoms with van der Waals surface area (Å²) < 4.78 is 35.0. The second-order valence-electron chi connectivity index (χ2n) is 5.89. The van der Waals surface area contributed by atoms with Gasteiger partial charge in [-0.2, -0.15) is 0 Å². The summed E-state index contributed by atoms with van der Waals surface area (Å²) in [5.74, 6) is -0.918. The molecule has 0 bridgehead atoms. The van der Waals surface area contributed by atoms with E-state index in [1.165, 1.54) is 6.07 Å². The zero-order chi connectivity index (χ0) is 17.9. The maximum Gasteiger partial charge on any atom is 1.00 e. The maximum absolute atomic E-state index is 11.7.